The Hall–Kier alpha value is -1.87. The molecule has 0 aliphatic heterocycles. The second kappa shape index (κ2) is 6.77. The number of nitrogens with one attached hydrogen (secondary N) is 1. The molecule has 1 aromatic carbocycles. The van der Waals surface area contributed by atoms with E-state index >= 15 is 0 Å². The third-order valence-electron chi connectivity index (χ3n) is 2.17. The molecule has 0 fully saturated rings. The van der Waals surface area contributed by atoms with Crippen LogP contribution in [0.25, 0.3) is 0 Å². The molecule has 0 radical (unpaired) electrons. The number of amides is 1. The van der Waals surface area contributed by atoms with Gasteiger partial charge in [-0.25, -0.2) is 0 Å². The Kier molecular flexibility index (Phi) is 5.33. The van der Waals surface area contributed by atoms with E-state index in [1.807, 2.05) is 6.07 Å². The van der Waals surface area contributed by atoms with Gasteiger partial charge >= 0.3 is 5.97 Å². The van der Waals surface area contributed by atoms with Crippen LogP contribution in [0.2, 0.25) is 0 Å². The maximum Gasteiger partial charge on any atom is 0.321 e. The van der Waals surface area contributed by atoms with Crippen LogP contribution < -0.4 is 5.32 Å². The lowest BCUT2D eigenvalue weighted by Crippen LogP contribution is -2.33. The first-order valence-corrected chi connectivity index (χ1v) is 6.00. The van der Waals surface area contributed by atoms with Crippen LogP contribution in [0, 0.1) is 11.3 Å². The highest BCUT2D eigenvalue weighted by Crippen LogP contribution is 2.04. The molecule has 0 saturated heterocycles. The van der Waals surface area contributed by atoms with Crippen LogP contribution >= 0.6 is 15.9 Å². The number of alkyl halides is 1. The molecule has 1 amide bonds. The van der Waals surface area contributed by atoms with Crippen molar-refractivity contribution in [3.05, 3.63) is 35.4 Å². The van der Waals surface area contributed by atoms with E-state index in [-0.39, 0.29) is 12.5 Å². The van der Waals surface area contributed by atoms with E-state index in [9.17, 15) is 9.59 Å². The summed E-state index contributed by atoms with van der Waals surface area (Å²) in [7, 11) is 1.28. The Morgan fingerprint density at radius 3 is 2.56 bits per heavy atom. The first-order valence-electron chi connectivity index (χ1n) is 5.08. The first kappa shape index (κ1) is 14.2. The van der Waals surface area contributed by atoms with Crippen molar-refractivity contribution in [1.82, 2.24) is 5.32 Å². The summed E-state index contributed by atoms with van der Waals surface area (Å²) >= 11 is 3.09. The van der Waals surface area contributed by atoms with Crippen molar-refractivity contribution in [2.45, 2.75) is 4.83 Å². The Morgan fingerprint density at radius 1 is 1.44 bits per heavy atom. The van der Waals surface area contributed by atoms with Gasteiger partial charge in [0.1, 0.15) is 4.83 Å². The number of halogens is 1. The molecular formula is C12H11BrN2O3. The topological polar surface area (TPSA) is 79.2 Å². The van der Waals surface area contributed by atoms with Gasteiger partial charge in [0.05, 0.1) is 18.7 Å². The summed E-state index contributed by atoms with van der Waals surface area (Å²) in [6.45, 7) is 0.130. The second-order valence-electron chi connectivity index (χ2n) is 3.39. The lowest BCUT2D eigenvalue weighted by molar-refractivity contribution is -0.139. The van der Waals surface area contributed by atoms with Gasteiger partial charge in [-0.1, -0.05) is 15.9 Å². The Labute approximate surface area is 113 Å². The van der Waals surface area contributed by atoms with Gasteiger partial charge in [0.15, 0.2) is 0 Å². The van der Waals surface area contributed by atoms with E-state index < -0.39 is 10.8 Å². The summed E-state index contributed by atoms with van der Waals surface area (Å²) in [5.41, 5.74) is 0.915. The van der Waals surface area contributed by atoms with Crippen molar-refractivity contribution in [3.63, 3.8) is 0 Å². The quantitative estimate of drug-likeness (QED) is 0.670. The van der Waals surface area contributed by atoms with Crippen LogP contribution in [-0.4, -0.2) is 30.4 Å². The highest BCUT2D eigenvalue weighted by molar-refractivity contribution is 9.10. The largest absolute Gasteiger partial charge is 0.468 e. The summed E-state index contributed by atoms with van der Waals surface area (Å²) in [4.78, 5) is 22.2. The molecule has 0 aliphatic rings. The van der Waals surface area contributed by atoms with Gasteiger partial charge < -0.3 is 10.1 Å². The molecule has 94 valence electrons. The minimum absolute atomic E-state index is 0.130. The number of esters is 1. The van der Waals surface area contributed by atoms with Crippen molar-refractivity contribution in [2.75, 3.05) is 13.7 Å². The number of rotatable bonds is 4. The molecule has 1 aromatic rings. The smallest absolute Gasteiger partial charge is 0.321 e. The number of hydrogen-bond donors (Lipinski definition) is 1. The number of methoxy groups -OCH3 is 1. The van der Waals surface area contributed by atoms with E-state index in [4.69, 9.17) is 5.26 Å². The number of nitrogens with zero attached hydrogens (tertiary/aromatic N) is 1. The molecule has 5 nitrogen and oxygen atoms in total. The van der Waals surface area contributed by atoms with Gasteiger partial charge in [-0.3, -0.25) is 9.59 Å². The molecule has 1 rings (SSSR count). The molecule has 6 heteroatoms. The van der Waals surface area contributed by atoms with E-state index in [0.717, 1.165) is 0 Å². The maximum atomic E-state index is 11.7. The van der Waals surface area contributed by atoms with Gasteiger partial charge in [0.25, 0.3) is 5.91 Å². The Balaban J connectivity index is 2.55. The van der Waals surface area contributed by atoms with Gasteiger partial charge in [0, 0.05) is 12.1 Å². The maximum absolute atomic E-state index is 11.7. The van der Waals surface area contributed by atoms with Crippen LogP contribution in [0.3, 0.4) is 0 Å². The second-order valence-corrected chi connectivity index (χ2v) is 4.50. The normalized spacial score (nSPS) is 11.2. The molecule has 1 unspecified atom stereocenters. The fraction of sp³-hybridized carbons (Fsp3) is 0.250. The number of hydrogen-bond acceptors (Lipinski definition) is 4. The van der Waals surface area contributed by atoms with Crippen molar-refractivity contribution in [2.24, 2.45) is 0 Å². The van der Waals surface area contributed by atoms with Gasteiger partial charge in [0.2, 0.25) is 0 Å². The Morgan fingerprint density at radius 2 is 2.06 bits per heavy atom. The predicted octanol–water partition coefficient (Wildman–Crippen LogP) is 1.22. The molecular weight excluding hydrogens is 300 g/mol. The average Bonchev–Trinajstić information content (AvgIpc) is 2.43. The third-order valence-corrected chi connectivity index (χ3v) is 2.87. The highest BCUT2D eigenvalue weighted by atomic mass is 79.9. The van der Waals surface area contributed by atoms with Crippen molar-refractivity contribution in [1.29, 1.82) is 5.26 Å². The number of ether oxygens (including phenoxy) is 1. The van der Waals surface area contributed by atoms with Crippen molar-refractivity contribution >= 4 is 27.8 Å². The minimum atomic E-state index is -0.579. The SMILES string of the molecule is COC(=O)C(Br)CNC(=O)c1ccc(C#N)cc1. The molecule has 0 heterocycles. The fourth-order valence-corrected chi connectivity index (χ4v) is 1.54. The summed E-state index contributed by atoms with van der Waals surface area (Å²) < 4.78 is 4.51. The highest BCUT2D eigenvalue weighted by Gasteiger charge is 2.16. The van der Waals surface area contributed by atoms with E-state index in [1.54, 1.807) is 24.3 Å². The monoisotopic (exact) mass is 310 g/mol. The third kappa shape index (κ3) is 3.86. The van der Waals surface area contributed by atoms with Crippen LogP contribution in [0.4, 0.5) is 0 Å². The van der Waals surface area contributed by atoms with Gasteiger partial charge in [-0.15, -0.1) is 0 Å². The molecule has 0 saturated carbocycles. The fourth-order valence-electron chi connectivity index (χ4n) is 1.19. The van der Waals surface area contributed by atoms with Gasteiger partial charge in [-0.05, 0) is 24.3 Å². The molecule has 0 spiro atoms. The number of carbonyl (C=O) groups excluding carboxylic acids is 2. The van der Waals surface area contributed by atoms with Gasteiger partial charge in [-0.2, -0.15) is 5.26 Å². The molecule has 0 aromatic heterocycles. The molecule has 1 atom stereocenters. The lowest BCUT2D eigenvalue weighted by atomic mass is 10.1. The first-order chi connectivity index (χ1) is 8.58. The Bertz CT molecular complexity index is 479. The van der Waals surface area contributed by atoms with E-state index in [0.29, 0.717) is 11.1 Å². The standard InChI is InChI=1S/C12H11BrN2O3/c1-18-12(17)10(13)7-15-11(16)9-4-2-8(6-14)3-5-9/h2-5,10H,7H2,1H3,(H,15,16). The number of nitriles is 1. The van der Waals surface area contributed by atoms with Crippen LogP contribution in [-0.2, 0) is 9.53 Å². The molecule has 1 N–H and O–H groups in total. The molecule has 18 heavy (non-hydrogen) atoms. The van der Waals surface area contributed by atoms with E-state index in [1.165, 1.54) is 7.11 Å². The number of carbonyl (C=O) groups is 2. The zero-order valence-corrected chi connectivity index (χ0v) is 11.2. The van der Waals surface area contributed by atoms with Crippen LogP contribution in [0.15, 0.2) is 24.3 Å². The summed E-state index contributed by atoms with van der Waals surface area (Å²) in [5.74, 6) is -0.761. The number of benzene rings is 1. The summed E-state index contributed by atoms with van der Waals surface area (Å²) in [5, 5.41) is 11.2. The summed E-state index contributed by atoms with van der Waals surface area (Å²) in [6, 6.07) is 8.18. The van der Waals surface area contributed by atoms with Crippen molar-refractivity contribution in [3.8, 4) is 6.07 Å². The molecule has 0 aliphatic carbocycles. The predicted molar refractivity (Wildman–Crippen MR) is 68.2 cm³/mol. The molecule has 0 bridgehead atoms. The summed E-state index contributed by atoms with van der Waals surface area (Å²) in [6.07, 6.45) is 0. The zero-order valence-electron chi connectivity index (χ0n) is 9.64. The minimum Gasteiger partial charge on any atom is -0.468 e. The lowest BCUT2D eigenvalue weighted by Gasteiger charge is -2.09. The van der Waals surface area contributed by atoms with Crippen LogP contribution in [0.5, 0.6) is 0 Å². The van der Waals surface area contributed by atoms with Crippen molar-refractivity contribution < 1.29 is 14.3 Å². The zero-order chi connectivity index (χ0) is 13.5. The van der Waals surface area contributed by atoms with Crippen LogP contribution in [0.1, 0.15) is 15.9 Å². The van der Waals surface area contributed by atoms with E-state index in [2.05, 4.69) is 26.0 Å². The average molecular weight is 311 g/mol.